The summed E-state index contributed by atoms with van der Waals surface area (Å²) in [6.07, 6.45) is 0. The Labute approximate surface area is 91.3 Å². The first kappa shape index (κ1) is 15.4. The highest BCUT2D eigenvalue weighted by molar-refractivity contribution is 5.85. The third kappa shape index (κ3) is 4.67. The van der Waals surface area contributed by atoms with Crippen LogP contribution in [0, 0.1) is 0 Å². The highest BCUT2D eigenvalue weighted by atomic mass is 35.5. The Hall–Kier alpha value is -0.0300. The number of halogens is 2. The lowest BCUT2D eigenvalue weighted by Gasteiger charge is -2.32. The first-order chi connectivity index (χ1) is 5.24. The highest BCUT2D eigenvalue weighted by Gasteiger charge is 2.16. The van der Waals surface area contributed by atoms with Gasteiger partial charge in [-0.25, -0.2) is 0 Å². The van der Waals surface area contributed by atoms with Crippen molar-refractivity contribution >= 4 is 30.7 Å². The predicted molar refractivity (Wildman–Crippen MR) is 57.6 cm³/mol. The number of likely N-dealkylation sites (N-methyl/N-ethyl adjacent to an activating group) is 1. The van der Waals surface area contributed by atoms with Crippen molar-refractivity contribution in [2.24, 2.45) is 5.73 Å². The number of amides is 1. The smallest absolute Gasteiger partial charge is 0.236 e. The lowest BCUT2D eigenvalue weighted by molar-refractivity contribution is -0.131. The molecule has 0 radical (unpaired) electrons. The van der Waals surface area contributed by atoms with E-state index in [-0.39, 0.29) is 37.3 Å². The van der Waals surface area contributed by atoms with E-state index < -0.39 is 0 Å². The molecule has 0 unspecified atom stereocenters. The molecule has 0 saturated carbocycles. The van der Waals surface area contributed by atoms with Crippen molar-refractivity contribution < 1.29 is 4.79 Å². The van der Waals surface area contributed by atoms with E-state index in [1.165, 1.54) is 0 Å². The van der Waals surface area contributed by atoms with Gasteiger partial charge in [0.1, 0.15) is 0 Å². The number of carbonyl (C=O) groups is 1. The lowest BCUT2D eigenvalue weighted by Crippen LogP contribution is -2.48. The number of nitrogens with two attached hydrogens (primary N) is 1. The van der Waals surface area contributed by atoms with E-state index in [9.17, 15) is 4.79 Å². The van der Waals surface area contributed by atoms with Gasteiger partial charge < -0.3 is 15.5 Å². The molecule has 2 N–H and O–H groups in total. The van der Waals surface area contributed by atoms with E-state index in [1.807, 2.05) is 4.90 Å². The predicted octanol–water partition coefficient (Wildman–Crippen LogP) is -0.437. The minimum Gasteiger partial charge on any atom is -0.339 e. The van der Waals surface area contributed by atoms with Gasteiger partial charge in [0.25, 0.3) is 0 Å². The number of piperazine rings is 1. The van der Waals surface area contributed by atoms with Crippen molar-refractivity contribution in [1.82, 2.24) is 9.80 Å². The van der Waals surface area contributed by atoms with Crippen molar-refractivity contribution in [3.05, 3.63) is 0 Å². The van der Waals surface area contributed by atoms with Crippen LogP contribution in [0.4, 0.5) is 0 Å². The molecule has 0 aromatic rings. The number of carbonyl (C=O) groups excluding carboxylic acids is 1. The molecule has 0 bridgehead atoms. The molecule has 13 heavy (non-hydrogen) atoms. The van der Waals surface area contributed by atoms with Crippen LogP contribution in [0.3, 0.4) is 0 Å². The maximum absolute atomic E-state index is 11.1. The molecule has 1 fully saturated rings. The molecule has 0 spiro atoms. The molecule has 0 aliphatic carbocycles. The molecule has 1 amide bonds. The fraction of sp³-hybridized carbons (Fsp3) is 0.857. The number of nitrogens with zero attached hydrogens (tertiary/aromatic N) is 2. The summed E-state index contributed by atoms with van der Waals surface area (Å²) >= 11 is 0. The number of hydrogen-bond acceptors (Lipinski definition) is 3. The quantitative estimate of drug-likeness (QED) is 0.664. The zero-order valence-electron chi connectivity index (χ0n) is 7.73. The van der Waals surface area contributed by atoms with E-state index in [1.54, 1.807) is 0 Å². The fourth-order valence-corrected chi connectivity index (χ4v) is 1.18. The van der Waals surface area contributed by atoms with E-state index in [0.29, 0.717) is 0 Å². The third-order valence-electron chi connectivity index (χ3n) is 2.03. The van der Waals surface area contributed by atoms with Crippen molar-refractivity contribution in [2.75, 3.05) is 39.8 Å². The standard InChI is InChI=1S/C7H15N3O.2ClH/c1-9-2-4-10(5-3-9)7(11)6-8;;/h2-6,8H2,1H3;2*1H. The summed E-state index contributed by atoms with van der Waals surface area (Å²) in [6.45, 7) is 3.72. The van der Waals surface area contributed by atoms with Crippen molar-refractivity contribution in [3.8, 4) is 0 Å². The highest BCUT2D eigenvalue weighted by Crippen LogP contribution is 1.98. The van der Waals surface area contributed by atoms with Crippen LogP contribution in [0.1, 0.15) is 0 Å². The van der Waals surface area contributed by atoms with Gasteiger partial charge in [-0.15, -0.1) is 24.8 Å². The molecule has 0 aromatic carbocycles. The first-order valence-electron chi connectivity index (χ1n) is 3.90. The van der Waals surface area contributed by atoms with Gasteiger partial charge in [-0.2, -0.15) is 0 Å². The molecule has 0 atom stereocenters. The maximum atomic E-state index is 11.1. The van der Waals surface area contributed by atoms with Gasteiger partial charge in [0.15, 0.2) is 0 Å². The fourth-order valence-electron chi connectivity index (χ4n) is 1.18. The molecule has 1 aliphatic heterocycles. The van der Waals surface area contributed by atoms with Crippen LogP contribution in [-0.2, 0) is 4.79 Å². The SMILES string of the molecule is CN1CCN(C(=O)CN)CC1.Cl.Cl. The largest absolute Gasteiger partial charge is 0.339 e. The van der Waals surface area contributed by atoms with Gasteiger partial charge in [0, 0.05) is 26.2 Å². The summed E-state index contributed by atoms with van der Waals surface area (Å²) in [6, 6.07) is 0. The van der Waals surface area contributed by atoms with Gasteiger partial charge in [0.05, 0.1) is 6.54 Å². The van der Waals surface area contributed by atoms with E-state index in [4.69, 9.17) is 5.73 Å². The molecular formula is C7H17Cl2N3O. The van der Waals surface area contributed by atoms with Crippen molar-refractivity contribution in [3.63, 3.8) is 0 Å². The van der Waals surface area contributed by atoms with Gasteiger partial charge >= 0.3 is 0 Å². The monoisotopic (exact) mass is 229 g/mol. The Morgan fingerprint density at radius 1 is 1.23 bits per heavy atom. The molecular weight excluding hydrogens is 213 g/mol. The third-order valence-corrected chi connectivity index (χ3v) is 2.03. The molecule has 6 heteroatoms. The Morgan fingerprint density at radius 3 is 2.08 bits per heavy atom. The van der Waals surface area contributed by atoms with Gasteiger partial charge in [-0.3, -0.25) is 4.79 Å². The average molecular weight is 230 g/mol. The second-order valence-electron chi connectivity index (χ2n) is 2.89. The molecule has 1 rings (SSSR count). The Morgan fingerprint density at radius 2 is 1.69 bits per heavy atom. The Kier molecular flexibility index (Phi) is 8.77. The average Bonchev–Trinajstić information content (AvgIpc) is 2.05. The number of hydrogen-bond donors (Lipinski definition) is 1. The van der Waals surface area contributed by atoms with Crippen LogP contribution in [-0.4, -0.2) is 55.5 Å². The van der Waals surface area contributed by atoms with Gasteiger partial charge in [0.2, 0.25) is 5.91 Å². The summed E-state index contributed by atoms with van der Waals surface area (Å²) in [4.78, 5) is 15.1. The first-order valence-corrected chi connectivity index (χ1v) is 3.90. The van der Waals surface area contributed by atoms with Crippen LogP contribution < -0.4 is 5.73 Å². The normalized spacial score (nSPS) is 17.2. The second-order valence-corrected chi connectivity index (χ2v) is 2.89. The summed E-state index contributed by atoms with van der Waals surface area (Å²) < 4.78 is 0. The lowest BCUT2D eigenvalue weighted by atomic mass is 10.3. The van der Waals surface area contributed by atoms with E-state index in [0.717, 1.165) is 26.2 Å². The van der Waals surface area contributed by atoms with Gasteiger partial charge in [-0.1, -0.05) is 0 Å². The summed E-state index contributed by atoms with van der Waals surface area (Å²) in [5.74, 6) is 0.0677. The number of rotatable bonds is 1. The maximum Gasteiger partial charge on any atom is 0.236 e. The molecule has 1 heterocycles. The summed E-state index contributed by atoms with van der Waals surface area (Å²) in [7, 11) is 2.06. The topological polar surface area (TPSA) is 49.6 Å². The van der Waals surface area contributed by atoms with Crippen LogP contribution in [0.25, 0.3) is 0 Å². The molecule has 0 aromatic heterocycles. The van der Waals surface area contributed by atoms with Crippen LogP contribution in [0.5, 0.6) is 0 Å². The van der Waals surface area contributed by atoms with Crippen molar-refractivity contribution in [2.45, 2.75) is 0 Å². The molecule has 1 saturated heterocycles. The van der Waals surface area contributed by atoms with Gasteiger partial charge in [-0.05, 0) is 7.05 Å². The van der Waals surface area contributed by atoms with Crippen molar-refractivity contribution in [1.29, 1.82) is 0 Å². The second kappa shape index (κ2) is 7.38. The Bertz CT molecular complexity index is 149. The van der Waals surface area contributed by atoms with Crippen LogP contribution in [0.15, 0.2) is 0 Å². The van der Waals surface area contributed by atoms with Crippen LogP contribution in [0.2, 0.25) is 0 Å². The van der Waals surface area contributed by atoms with E-state index >= 15 is 0 Å². The zero-order valence-corrected chi connectivity index (χ0v) is 9.37. The minimum atomic E-state index is 0. The molecule has 80 valence electrons. The summed E-state index contributed by atoms with van der Waals surface area (Å²) in [5.41, 5.74) is 5.23. The Balaban J connectivity index is 0. The molecule has 1 aliphatic rings. The zero-order chi connectivity index (χ0) is 8.27. The van der Waals surface area contributed by atoms with E-state index in [2.05, 4.69) is 11.9 Å². The minimum absolute atomic E-state index is 0. The van der Waals surface area contributed by atoms with Crippen LogP contribution >= 0.6 is 24.8 Å². The summed E-state index contributed by atoms with van der Waals surface area (Å²) in [5, 5.41) is 0. The molecule has 4 nitrogen and oxygen atoms in total.